The minimum atomic E-state index is -0.438. The highest BCUT2D eigenvalue weighted by atomic mass is 19.1. The number of fused-ring (bicyclic) bond motifs is 1. The molecule has 3 N–H and O–H groups in total. The Hall–Kier alpha value is -4.08. The van der Waals surface area contributed by atoms with Crippen molar-refractivity contribution in [1.29, 1.82) is 0 Å². The summed E-state index contributed by atoms with van der Waals surface area (Å²) >= 11 is 0. The molecule has 146 valence electrons. The molecule has 2 aromatic heterocycles. The van der Waals surface area contributed by atoms with E-state index in [0.29, 0.717) is 36.0 Å². The Kier molecular flexibility index (Phi) is 4.97. The van der Waals surface area contributed by atoms with Crippen LogP contribution in [0.5, 0.6) is 0 Å². The minimum absolute atomic E-state index is 0.0376. The van der Waals surface area contributed by atoms with Crippen molar-refractivity contribution >= 4 is 28.6 Å². The maximum atomic E-state index is 13.3. The first kappa shape index (κ1) is 18.3. The summed E-state index contributed by atoms with van der Waals surface area (Å²) in [6.07, 6.45) is 1.52. The van der Waals surface area contributed by atoms with Gasteiger partial charge in [-0.1, -0.05) is 24.3 Å². The Labute approximate surface area is 164 Å². The number of non-ortho nitro benzene ring substituents is 1. The van der Waals surface area contributed by atoms with Gasteiger partial charge in [-0.3, -0.25) is 10.1 Å². The summed E-state index contributed by atoms with van der Waals surface area (Å²) in [5.41, 5.74) is 2.78. The number of nitro benzene ring substituents is 1. The van der Waals surface area contributed by atoms with Gasteiger partial charge in [0.25, 0.3) is 5.69 Å². The van der Waals surface area contributed by atoms with Crippen LogP contribution in [0, 0.1) is 15.9 Å². The van der Waals surface area contributed by atoms with E-state index in [4.69, 9.17) is 0 Å². The van der Waals surface area contributed by atoms with E-state index in [1.165, 1.54) is 30.6 Å². The number of aromatic nitrogens is 4. The van der Waals surface area contributed by atoms with Gasteiger partial charge >= 0.3 is 0 Å². The molecule has 0 aliphatic carbocycles. The molecule has 0 bridgehead atoms. The first-order valence-corrected chi connectivity index (χ1v) is 8.75. The summed E-state index contributed by atoms with van der Waals surface area (Å²) in [7, 11) is 0. The second-order valence-corrected chi connectivity index (χ2v) is 6.26. The topological polar surface area (TPSA) is 122 Å². The second-order valence-electron chi connectivity index (χ2n) is 6.26. The highest BCUT2D eigenvalue weighted by Gasteiger charge is 2.11. The molecule has 0 fully saturated rings. The van der Waals surface area contributed by atoms with E-state index >= 15 is 0 Å². The molecule has 4 aromatic rings. The zero-order valence-corrected chi connectivity index (χ0v) is 15.1. The van der Waals surface area contributed by atoms with E-state index in [2.05, 4.69) is 30.6 Å². The number of imidazole rings is 1. The largest absolute Gasteiger partial charge is 0.364 e. The smallest absolute Gasteiger partial charge is 0.269 e. The number of anilines is 2. The highest BCUT2D eigenvalue weighted by molar-refractivity contribution is 5.83. The number of nitrogens with one attached hydrogen (secondary N) is 3. The van der Waals surface area contributed by atoms with Gasteiger partial charge in [0.15, 0.2) is 11.5 Å². The third-order valence-corrected chi connectivity index (χ3v) is 4.23. The number of aromatic amines is 1. The normalized spacial score (nSPS) is 10.8. The Bertz CT molecular complexity index is 1160. The van der Waals surface area contributed by atoms with Crippen LogP contribution in [0.4, 0.5) is 21.8 Å². The van der Waals surface area contributed by atoms with Gasteiger partial charge in [0.2, 0.25) is 5.95 Å². The number of halogens is 1. The molecule has 4 rings (SSSR count). The Morgan fingerprint density at radius 3 is 2.59 bits per heavy atom. The van der Waals surface area contributed by atoms with Crippen molar-refractivity contribution in [1.82, 2.24) is 19.9 Å². The Balaban J connectivity index is 1.50. The maximum Gasteiger partial charge on any atom is 0.269 e. The van der Waals surface area contributed by atoms with Gasteiger partial charge in [-0.2, -0.15) is 9.97 Å². The van der Waals surface area contributed by atoms with Crippen molar-refractivity contribution in [2.75, 3.05) is 10.6 Å². The molecule has 0 aliphatic heterocycles. The number of nitro groups is 1. The third-order valence-electron chi connectivity index (χ3n) is 4.23. The Morgan fingerprint density at radius 2 is 1.83 bits per heavy atom. The summed E-state index contributed by atoms with van der Waals surface area (Å²) in [5, 5.41) is 17.0. The zero-order chi connectivity index (χ0) is 20.2. The quantitative estimate of drug-likeness (QED) is 0.324. The van der Waals surface area contributed by atoms with E-state index in [1.807, 2.05) is 0 Å². The third kappa shape index (κ3) is 4.26. The average Bonchev–Trinajstić information content (AvgIpc) is 3.19. The fourth-order valence-electron chi connectivity index (χ4n) is 2.79. The van der Waals surface area contributed by atoms with Gasteiger partial charge in [0.05, 0.1) is 11.3 Å². The van der Waals surface area contributed by atoms with E-state index in [1.54, 1.807) is 24.3 Å². The van der Waals surface area contributed by atoms with Crippen LogP contribution >= 0.6 is 0 Å². The van der Waals surface area contributed by atoms with Gasteiger partial charge in [-0.15, -0.1) is 0 Å². The van der Waals surface area contributed by atoms with Crippen LogP contribution in [-0.2, 0) is 13.1 Å². The molecule has 0 amide bonds. The van der Waals surface area contributed by atoms with Crippen LogP contribution in [0.1, 0.15) is 11.1 Å². The number of H-pyrrole nitrogens is 1. The van der Waals surface area contributed by atoms with E-state index in [0.717, 1.165) is 11.1 Å². The van der Waals surface area contributed by atoms with Crippen LogP contribution in [-0.4, -0.2) is 24.9 Å². The standard InChI is InChI=1S/C19H16FN7O2/c20-14-3-1-2-13(8-14)10-22-19-25-17(16-18(26-19)24-11-23-16)21-9-12-4-6-15(7-5-12)27(28)29/h1-8,11H,9-10H2,(H3,21,22,23,24,25,26). The van der Waals surface area contributed by atoms with E-state index in [-0.39, 0.29) is 11.5 Å². The molecule has 0 aliphatic rings. The first-order chi connectivity index (χ1) is 14.1. The fraction of sp³-hybridized carbons (Fsp3) is 0.105. The zero-order valence-electron chi connectivity index (χ0n) is 15.1. The summed E-state index contributed by atoms with van der Waals surface area (Å²) in [4.78, 5) is 26.3. The lowest BCUT2D eigenvalue weighted by Gasteiger charge is -2.10. The molecule has 2 aromatic carbocycles. The summed E-state index contributed by atoms with van der Waals surface area (Å²) in [6, 6.07) is 12.5. The van der Waals surface area contributed by atoms with Gasteiger partial charge < -0.3 is 15.6 Å². The SMILES string of the molecule is O=[N+]([O-])c1ccc(CNc2nc(NCc3cccc(F)c3)nc3nc[nH]c23)cc1. The first-order valence-electron chi connectivity index (χ1n) is 8.75. The predicted octanol–water partition coefficient (Wildman–Crippen LogP) is 3.62. The summed E-state index contributed by atoms with van der Waals surface area (Å²) in [6.45, 7) is 0.766. The number of hydrogen-bond donors (Lipinski definition) is 3. The van der Waals surface area contributed by atoms with Gasteiger partial charge in [-0.05, 0) is 23.3 Å². The van der Waals surface area contributed by atoms with Gasteiger partial charge in [0.1, 0.15) is 11.3 Å². The summed E-state index contributed by atoms with van der Waals surface area (Å²) in [5.74, 6) is 0.575. The van der Waals surface area contributed by atoms with E-state index in [9.17, 15) is 14.5 Å². The number of benzene rings is 2. The number of nitrogens with zero attached hydrogens (tertiary/aromatic N) is 4. The van der Waals surface area contributed by atoms with Crippen LogP contribution < -0.4 is 10.6 Å². The molecule has 29 heavy (non-hydrogen) atoms. The summed E-state index contributed by atoms with van der Waals surface area (Å²) < 4.78 is 13.3. The molecule has 10 heteroatoms. The van der Waals surface area contributed by atoms with Crippen LogP contribution in [0.2, 0.25) is 0 Å². The molecule has 2 heterocycles. The van der Waals surface area contributed by atoms with Crippen molar-refractivity contribution in [2.24, 2.45) is 0 Å². The molecule has 0 saturated heterocycles. The molecular weight excluding hydrogens is 377 g/mol. The van der Waals surface area contributed by atoms with Crippen molar-refractivity contribution in [2.45, 2.75) is 13.1 Å². The van der Waals surface area contributed by atoms with Crippen molar-refractivity contribution in [3.8, 4) is 0 Å². The molecular formula is C19H16FN7O2. The second kappa shape index (κ2) is 7.89. The van der Waals surface area contributed by atoms with Crippen molar-refractivity contribution in [3.63, 3.8) is 0 Å². The number of hydrogen-bond acceptors (Lipinski definition) is 7. The lowest BCUT2D eigenvalue weighted by atomic mass is 10.2. The minimum Gasteiger partial charge on any atom is -0.364 e. The fourth-order valence-corrected chi connectivity index (χ4v) is 2.79. The van der Waals surface area contributed by atoms with Crippen LogP contribution in [0.25, 0.3) is 11.2 Å². The van der Waals surface area contributed by atoms with Crippen LogP contribution in [0.15, 0.2) is 54.9 Å². The lowest BCUT2D eigenvalue weighted by Crippen LogP contribution is -2.08. The average molecular weight is 393 g/mol. The van der Waals surface area contributed by atoms with Crippen molar-refractivity contribution in [3.05, 3.63) is 81.9 Å². The Morgan fingerprint density at radius 1 is 1.03 bits per heavy atom. The van der Waals surface area contributed by atoms with Gasteiger partial charge in [-0.25, -0.2) is 9.37 Å². The van der Waals surface area contributed by atoms with Gasteiger partial charge in [0, 0.05) is 25.2 Å². The van der Waals surface area contributed by atoms with Crippen LogP contribution in [0.3, 0.4) is 0 Å². The molecule has 9 nitrogen and oxygen atoms in total. The molecule has 0 radical (unpaired) electrons. The molecule has 0 unspecified atom stereocenters. The molecule has 0 atom stereocenters. The molecule has 0 saturated carbocycles. The predicted molar refractivity (Wildman–Crippen MR) is 106 cm³/mol. The molecule has 0 spiro atoms. The number of rotatable bonds is 7. The lowest BCUT2D eigenvalue weighted by molar-refractivity contribution is -0.384. The maximum absolute atomic E-state index is 13.3. The van der Waals surface area contributed by atoms with E-state index < -0.39 is 4.92 Å². The van der Waals surface area contributed by atoms with Crippen molar-refractivity contribution < 1.29 is 9.31 Å². The monoisotopic (exact) mass is 393 g/mol. The highest BCUT2D eigenvalue weighted by Crippen LogP contribution is 2.20.